The van der Waals surface area contributed by atoms with Crippen LogP contribution < -0.4 is 14.2 Å². The summed E-state index contributed by atoms with van der Waals surface area (Å²) in [6.07, 6.45) is -9.87. The Morgan fingerprint density at radius 3 is 2.05 bits per heavy atom. The number of methoxy groups -OCH3 is 1. The molecule has 0 amide bonds. The molecule has 0 saturated carbocycles. The van der Waals surface area contributed by atoms with Crippen molar-refractivity contribution in [2.45, 2.75) is 52.1 Å². The van der Waals surface area contributed by atoms with Crippen molar-refractivity contribution in [3.8, 4) is 28.6 Å². The highest BCUT2D eigenvalue weighted by Crippen LogP contribution is 2.35. The van der Waals surface area contributed by atoms with Gasteiger partial charge in [0.15, 0.2) is 17.1 Å². The van der Waals surface area contributed by atoms with Crippen LogP contribution in [0.2, 0.25) is 0 Å². The minimum Gasteiger partial charge on any atom is -0.489 e. The van der Waals surface area contributed by atoms with Crippen molar-refractivity contribution in [1.82, 2.24) is 9.97 Å². The molecule has 14 heteroatoms. The standard InChI is InChI=1S/C26H24F6N2O6/c1-14-11-17(9-10-20(14)40-24(2,3)23(35)36)38-12-18-19(13-37-4)33-22(34-21(18)25(27,28)29)15-5-7-16(8-6-15)39-26(30,31)32/h5-11H,12-13H2,1-4H3,(H,35,36). The van der Waals surface area contributed by atoms with Crippen molar-refractivity contribution >= 4 is 5.97 Å². The van der Waals surface area contributed by atoms with Gasteiger partial charge in [-0.3, -0.25) is 0 Å². The maximum absolute atomic E-state index is 14.1. The quantitative estimate of drug-likeness (QED) is 0.280. The molecule has 0 aliphatic heterocycles. The summed E-state index contributed by atoms with van der Waals surface area (Å²) in [5, 5.41) is 9.25. The van der Waals surface area contributed by atoms with E-state index in [0.717, 1.165) is 24.3 Å². The van der Waals surface area contributed by atoms with Crippen molar-refractivity contribution in [3.63, 3.8) is 0 Å². The Kier molecular flexibility index (Phi) is 8.82. The van der Waals surface area contributed by atoms with Gasteiger partial charge in [-0.2, -0.15) is 13.2 Å². The van der Waals surface area contributed by atoms with E-state index in [-0.39, 0.29) is 35.2 Å². The van der Waals surface area contributed by atoms with E-state index in [4.69, 9.17) is 14.2 Å². The second-order valence-corrected chi connectivity index (χ2v) is 8.96. The number of ether oxygens (including phenoxy) is 4. The second kappa shape index (κ2) is 11.6. The van der Waals surface area contributed by atoms with E-state index < -0.39 is 47.7 Å². The molecular formula is C26H24F6N2O6. The summed E-state index contributed by atoms with van der Waals surface area (Å²) in [6.45, 7) is 3.39. The van der Waals surface area contributed by atoms with Crippen LogP contribution in [0, 0.1) is 6.92 Å². The van der Waals surface area contributed by atoms with Crippen LogP contribution in [0.3, 0.4) is 0 Å². The maximum atomic E-state index is 14.1. The van der Waals surface area contributed by atoms with E-state index in [1.807, 2.05) is 0 Å². The van der Waals surface area contributed by atoms with Crippen molar-refractivity contribution in [2.75, 3.05) is 7.11 Å². The van der Waals surface area contributed by atoms with Gasteiger partial charge >= 0.3 is 18.5 Å². The van der Waals surface area contributed by atoms with Gasteiger partial charge in [-0.25, -0.2) is 14.8 Å². The van der Waals surface area contributed by atoms with Gasteiger partial charge in [0.25, 0.3) is 0 Å². The fourth-order valence-electron chi connectivity index (χ4n) is 3.41. The Hall–Kier alpha value is -4.07. The molecule has 3 rings (SSSR count). The normalized spacial score (nSPS) is 12.2. The molecule has 1 N–H and O–H groups in total. The number of benzene rings is 2. The molecule has 2 aromatic carbocycles. The molecule has 0 aliphatic carbocycles. The lowest BCUT2D eigenvalue weighted by atomic mass is 10.1. The number of nitrogens with zero attached hydrogens (tertiary/aromatic N) is 2. The Labute approximate surface area is 224 Å². The maximum Gasteiger partial charge on any atom is 0.573 e. The van der Waals surface area contributed by atoms with Gasteiger partial charge in [0.1, 0.15) is 23.9 Å². The lowest BCUT2D eigenvalue weighted by Crippen LogP contribution is -2.38. The molecule has 40 heavy (non-hydrogen) atoms. The van der Waals surface area contributed by atoms with Crippen LogP contribution in [0.15, 0.2) is 42.5 Å². The van der Waals surface area contributed by atoms with E-state index in [0.29, 0.717) is 5.56 Å². The average molecular weight is 574 g/mol. The minimum absolute atomic E-state index is 0.0142. The predicted octanol–water partition coefficient (Wildman–Crippen LogP) is 6.34. The van der Waals surface area contributed by atoms with Gasteiger partial charge in [-0.1, -0.05) is 0 Å². The lowest BCUT2D eigenvalue weighted by Gasteiger charge is -2.23. The minimum atomic E-state index is -4.94. The number of aryl methyl sites for hydroxylation is 1. The van der Waals surface area contributed by atoms with Crippen LogP contribution in [-0.4, -0.2) is 40.1 Å². The van der Waals surface area contributed by atoms with E-state index in [9.17, 15) is 36.2 Å². The van der Waals surface area contributed by atoms with Crippen molar-refractivity contribution in [3.05, 3.63) is 65.0 Å². The fourth-order valence-corrected chi connectivity index (χ4v) is 3.41. The number of hydrogen-bond donors (Lipinski definition) is 1. The second-order valence-electron chi connectivity index (χ2n) is 8.96. The number of hydrogen-bond acceptors (Lipinski definition) is 7. The van der Waals surface area contributed by atoms with Gasteiger partial charge in [0, 0.05) is 18.2 Å². The molecule has 1 aromatic heterocycles. The Morgan fingerprint density at radius 1 is 0.900 bits per heavy atom. The van der Waals surface area contributed by atoms with Crippen LogP contribution in [0.4, 0.5) is 26.3 Å². The number of aromatic nitrogens is 2. The number of carboxylic acid groups (broad SMARTS) is 1. The number of halogens is 6. The van der Waals surface area contributed by atoms with Gasteiger partial charge in [0.2, 0.25) is 0 Å². The summed E-state index contributed by atoms with van der Waals surface area (Å²) < 4.78 is 99.5. The van der Waals surface area contributed by atoms with E-state index in [2.05, 4.69) is 14.7 Å². The summed E-state index contributed by atoms with van der Waals surface area (Å²) in [4.78, 5) is 19.1. The molecule has 0 aliphatic rings. The molecule has 216 valence electrons. The van der Waals surface area contributed by atoms with Gasteiger partial charge in [0.05, 0.1) is 12.3 Å². The number of rotatable bonds is 10. The number of carboxylic acids is 1. The Morgan fingerprint density at radius 2 is 1.52 bits per heavy atom. The zero-order chi connectivity index (χ0) is 29.9. The van der Waals surface area contributed by atoms with E-state index in [1.54, 1.807) is 6.92 Å². The van der Waals surface area contributed by atoms with Gasteiger partial charge in [-0.15, -0.1) is 13.2 Å². The molecule has 0 atom stereocenters. The predicted molar refractivity (Wildman–Crippen MR) is 128 cm³/mol. The molecule has 3 aromatic rings. The topological polar surface area (TPSA) is 100 Å². The number of carbonyl (C=O) groups is 1. The molecular weight excluding hydrogens is 550 g/mol. The molecule has 0 fully saturated rings. The molecule has 8 nitrogen and oxygen atoms in total. The highest BCUT2D eigenvalue weighted by atomic mass is 19.4. The van der Waals surface area contributed by atoms with Crippen LogP contribution in [-0.2, 0) is 28.9 Å². The third-order valence-electron chi connectivity index (χ3n) is 5.40. The summed E-state index contributed by atoms with van der Waals surface area (Å²) in [5.74, 6) is -1.73. The van der Waals surface area contributed by atoms with Crippen LogP contribution in [0.25, 0.3) is 11.4 Å². The van der Waals surface area contributed by atoms with Crippen molar-refractivity contribution in [1.29, 1.82) is 0 Å². The van der Waals surface area contributed by atoms with E-state index >= 15 is 0 Å². The fraction of sp³-hybridized carbons (Fsp3) is 0.346. The smallest absolute Gasteiger partial charge is 0.489 e. The zero-order valence-corrected chi connectivity index (χ0v) is 21.6. The third kappa shape index (κ3) is 7.74. The summed E-state index contributed by atoms with van der Waals surface area (Å²) >= 11 is 0. The SMILES string of the molecule is COCc1nc(-c2ccc(OC(F)(F)F)cc2)nc(C(F)(F)F)c1COc1ccc(OC(C)(C)C(=O)O)c(C)c1. The molecule has 1 heterocycles. The van der Waals surface area contributed by atoms with Gasteiger partial charge < -0.3 is 24.1 Å². The van der Waals surface area contributed by atoms with E-state index in [1.165, 1.54) is 39.2 Å². The number of alkyl halides is 6. The highest BCUT2D eigenvalue weighted by molar-refractivity contribution is 5.76. The highest BCUT2D eigenvalue weighted by Gasteiger charge is 2.38. The van der Waals surface area contributed by atoms with Crippen LogP contribution in [0.5, 0.6) is 17.2 Å². The van der Waals surface area contributed by atoms with Crippen molar-refractivity contribution < 1.29 is 55.2 Å². The largest absolute Gasteiger partial charge is 0.573 e. The molecule has 0 radical (unpaired) electrons. The first-order valence-corrected chi connectivity index (χ1v) is 11.5. The first-order chi connectivity index (χ1) is 18.5. The summed E-state index contributed by atoms with van der Waals surface area (Å²) in [7, 11) is 1.25. The summed E-state index contributed by atoms with van der Waals surface area (Å²) in [5.41, 5.74) is -2.88. The first-order valence-electron chi connectivity index (χ1n) is 11.5. The Bertz CT molecular complexity index is 1360. The zero-order valence-electron chi connectivity index (χ0n) is 21.6. The van der Waals surface area contributed by atoms with Crippen LogP contribution in [0.1, 0.15) is 36.4 Å². The lowest BCUT2D eigenvalue weighted by molar-refractivity contribution is -0.274. The van der Waals surface area contributed by atoms with Crippen LogP contribution >= 0.6 is 0 Å². The molecule has 0 unspecified atom stereocenters. The number of aliphatic carboxylic acids is 1. The average Bonchev–Trinajstić information content (AvgIpc) is 2.83. The Balaban J connectivity index is 1.93. The summed E-state index contributed by atoms with van der Waals surface area (Å²) in [6, 6.07) is 8.36. The van der Waals surface area contributed by atoms with Crippen molar-refractivity contribution in [2.24, 2.45) is 0 Å². The monoisotopic (exact) mass is 574 g/mol. The molecule has 0 saturated heterocycles. The first kappa shape index (κ1) is 30.5. The third-order valence-corrected chi connectivity index (χ3v) is 5.40. The molecule has 0 bridgehead atoms. The molecule has 0 spiro atoms. The van der Waals surface area contributed by atoms with Gasteiger partial charge in [-0.05, 0) is 68.8 Å².